The van der Waals surface area contributed by atoms with Crippen LogP contribution in [0.1, 0.15) is 18.9 Å². The van der Waals surface area contributed by atoms with E-state index in [2.05, 4.69) is 15.4 Å². The molecule has 0 saturated carbocycles. The topological polar surface area (TPSA) is 81.5 Å². The highest BCUT2D eigenvalue weighted by Crippen LogP contribution is 2.34. The van der Waals surface area contributed by atoms with Crippen LogP contribution in [-0.4, -0.2) is 45.6 Å². The highest BCUT2D eigenvalue weighted by atomic mass is 16.7. The summed E-state index contributed by atoms with van der Waals surface area (Å²) in [6, 6.07) is 5.61. The lowest BCUT2D eigenvalue weighted by Gasteiger charge is -2.31. The highest BCUT2D eigenvalue weighted by molar-refractivity contribution is 5.89. The number of rotatable bonds is 2. The van der Waals surface area contributed by atoms with Gasteiger partial charge in [-0.2, -0.15) is 5.10 Å². The van der Waals surface area contributed by atoms with Crippen molar-refractivity contribution >= 4 is 11.7 Å². The molecule has 8 heteroatoms. The molecule has 23 heavy (non-hydrogen) atoms. The highest BCUT2D eigenvalue weighted by Gasteiger charge is 2.24. The summed E-state index contributed by atoms with van der Waals surface area (Å²) in [7, 11) is 0. The maximum absolute atomic E-state index is 12.4. The monoisotopic (exact) mass is 315 g/mol. The number of ether oxygens (including phenoxy) is 2. The number of hydrogen-bond acceptors (Lipinski definition) is 5. The van der Waals surface area contributed by atoms with Gasteiger partial charge in [0.25, 0.3) is 0 Å². The second-order valence-electron chi connectivity index (χ2n) is 5.59. The van der Waals surface area contributed by atoms with Crippen LogP contribution in [0.5, 0.6) is 11.5 Å². The molecular weight excluding hydrogens is 298 g/mol. The molecule has 8 nitrogen and oxygen atoms in total. The number of fused-ring (bicyclic) bond motifs is 1. The minimum atomic E-state index is -0.0964. The van der Waals surface area contributed by atoms with E-state index in [9.17, 15) is 4.79 Å². The summed E-state index contributed by atoms with van der Waals surface area (Å²) in [6.45, 7) is 1.62. The van der Waals surface area contributed by atoms with Gasteiger partial charge in [0.15, 0.2) is 11.5 Å². The standard InChI is InChI=1S/C15H17N5O3/c21-15(18-11-1-2-13-14(7-11)23-10-22-13)19-5-3-12(4-6-19)20-9-16-8-17-20/h1-2,7-9,12H,3-6,10H2,(H,18,21). The van der Waals surface area contributed by atoms with Gasteiger partial charge in [0.1, 0.15) is 12.7 Å². The smallest absolute Gasteiger partial charge is 0.321 e. The number of likely N-dealkylation sites (tertiary alicyclic amines) is 1. The van der Waals surface area contributed by atoms with Crippen molar-refractivity contribution in [1.82, 2.24) is 19.7 Å². The molecule has 2 aliphatic rings. The molecule has 3 heterocycles. The Balaban J connectivity index is 1.35. The third-order valence-electron chi connectivity index (χ3n) is 4.19. The van der Waals surface area contributed by atoms with Crippen molar-refractivity contribution in [3.63, 3.8) is 0 Å². The van der Waals surface area contributed by atoms with E-state index in [4.69, 9.17) is 9.47 Å². The molecule has 2 aliphatic heterocycles. The van der Waals surface area contributed by atoms with Gasteiger partial charge in [-0.15, -0.1) is 0 Å². The average Bonchev–Trinajstić information content (AvgIpc) is 3.26. The Labute approximate surface area is 133 Å². The van der Waals surface area contributed by atoms with Crippen molar-refractivity contribution < 1.29 is 14.3 Å². The molecule has 0 aliphatic carbocycles. The summed E-state index contributed by atoms with van der Waals surface area (Å²) >= 11 is 0. The van der Waals surface area contributed by atoms with Crippen LogP contribution < -0.4 is 14.8 Å². The summed E-state index contributed by atoms with van der Waals surface area (Å²) in [5.74, 6) is 1.37. The fraction of sp³-hybridized carbons (Fsp3) is 0.400. The molecule has 0 unspecified atom stereocenters. The van der Waals surface area contributed by atoms with E-state index in [0.717, 1.165) is 12.8 Å². The molecule has 0 atom stereocenters. The minimum absolute atomic E-state index is 0.0964. The first kappa shape index (κ1) is 13.9. The summed E-state index contributed by atoms with van der Waals surface area (Å²) in [5.41, 5.74) is 0.706. The molecule has 0 spiro atoms. The first-order valence-electron chi connectivity index (χ1n) is 7.59. The Morgan fingerprint density at radius 2 is 2.04 bits per heavy atom. The predicted molar refractivity (Wildman–Crippen MR) is 81.4 cm³/mol. The Hall–Kier alpha value is -2.77. The number of anilines is 1. The molecule has 4 rings (SSSR count). The number of carbonyl (C=O) groups is 1. The van der Waals surface area contributed by atoms with Crippen LogP contribution in [0.2, 0.25) is 0 Å². The van der Waals surface area contributed by atoms with Gasteiger partial charge in [0.2, 0.25) is 6.79 Å². The third-order valence-corrected chi connectivity index (χ3v) is 4.19. The van der Waals surface area contributed by atoms with Gasteiger partial charge < -0.3 is 19.7 Å². The van der Waals surface area contributed by atoms with Crippen molar-refractivity contribution in [2.24, 2.45) is 0 Å². The number of nitrogens with one attached hydrogen (secondary N) is 1. The second-order valence-corrected chi connectivity index (χ2v) is 5.59. The van der Waals surface area contributed by atoms with Crippen molar-refractivity contribution in [3.05, 3.63) is 30.9 Å². The summed E-state index contributed by atoms with van der Waals surface area (Å²) < 4.78 is 12.5. The van der Waals surface area contributed by atoms with Gasteiger partial charge >= 0.3 is 6.03 Å². The largest absolute Gasteiger partial charge is 0.454 e. The molecule has 1 fully saturated rings. The fourth-order valence-corrected chi connectivity index (χ4v) is 2.92. The molecule has 0 bridgehead atoms. The van der Waals surface area contributed by atoms with E-state index in [1.807, 2.05) is 15.6 Å². The maximum Gasteiger partial charge on any atom is 0.321 e. The molecule has 120 valence electrons. The van der Waals surface area contributed by atoms with Gasteiger partial charge in [-0.3, -0.25) is 0 Å². The molecule has 1 aromatic heterocycles. The Kier molecular flexibility index (Phi) is 3.49. The number of urea groups is 1. The molecule has 1 N–H and O–H groups in total. The maximum atomic E-state index is 12.4. The Morgan fingerprint density at radius 1 is 1.22 bits per heavy atom. The van der Waals surface area contributed by atoms with Crippen molar-refractivity contribution in [2.75, 3.05) is 25.2 Å². The number of aromatic nitrogens is 3. The van der Waals surface area contributed by atoms with Crippen LogP contribution in [0.15, 0.2) is 30.9 Å². The van der Waals surface area contributed by atoms with Gasteiger partial charge in [0, 0.05) is 24.8 Å². The molecule has 0 radical (unpaired) electrons. The first-order chi connectivity index (χ1) is 11.3. The van der Waals surface area contributed by atoms with Crippen LogP contribution >= 0.6 is 0 Å². The quantitative estimate of drug-likeness (QED) is 0.915. The number of piperidine rings is 1. The Bertz CT molecular complexity index is 695. The van der Waals surface area contributed by atoms with Crippen molar-refractivity contribution in [3.8, 4) is 11.5 Å². The number of benzene rings is 1. The molecule has 2 amide bonds. The zero-order valence-electron chi connectivity index (χ0n) is 12.5. The van der Waals surface area contributed by atoms with Crippen LogP contribution in [0, 0.1) is 0 Å². The fourth-order valence-electron chi connectivity index (χ4n) is 2.92. The normalized spacial score (nSPS) is 17.3. The lowest BCUT2D eigenvalue weighted by Crippen LogP contribution is -2.41. The lowest BCUT2D eigenvalue weighted by molar-refractivity contribution is 0.174. The van der Waals surface area contributed by atoms with E-state index >= 15 is 0 Å². The first-order valence-corrected chi connectivity index (χ1v) is 7.59. The molecule has 2 aromatic rings. The van der Waals surface area contributed by atoms with Gasteiger partial charge in [-0.1, -0.05) is 0 Å². The minimum Gasteiger partial charge on any atom is -0.454 e. The number of nitrogens with zero attached hydrogens (tertiary/aromatic N) is 4. The average molecular weight is 315 g/mol. The van der Waals surface area contributed by atoms with E-state index in [0.29, 0.717) is 36.3 Å². The van der Waals surface area contributed by atoms with E-state index in [1.54, 1.807) is 24.8 Å². The zero-order valence-corrected chi connectivity index (χ0v) is 12.5. The summed E-state index contributed by atoms with van der Waals surface area (Å²) in [6.07, 6.45) is 5.02. The molecular formula is C15H17N5O3. The van der Waals surface area contributed by atoms with E-state index < -0.39 is 0 Å². The van der Waals surface area contributed by atoms with E-state index in [1.165, 1.54) is 0 Å². The molecule has 1 aromatic carbocycles. The van der Waals surface area contributed by atoms with Crippen LogP contribution in [0.3, 0.4) is 0 Å². The van der Waals surface area contributed by atoms with Gasteiger partial charge in [-0.05, 0) is 25.0 Å². The third kappa shape index (κ3) is 2.79. The number of amides is 2. The second kappa shape index (κ2) is 5.79. The summed E-state index contributed by atoms with van der Waals surface area (Å²) in [4.78, 5) is 18.2. The van der Waals surface area contributed by atoms with Gasteiger partial charge in [0.05, 0.1) is 6.04 Å². The number of hydrogen-bond donors (Lipinski definition) is 1. The zero-order chi connectivity index (χ0) is 15.6. The van der Waals surface area contributed by atoms with Crippen LogP contribution in [0.25, 0.3) is 0 Å². The van der Waals surface area contributed by atoms with E-state index in [-0.39, 0.29) is 12.8 Å². The summed E-state index contributed by atoms with van der Waals surface area (Å²) in [5, 5.41) is 7.08. The predicted octanol–water partition coefficient (Wildman–Crippen LogP) is 1.88. The van der Waals surface area contributed by atoms with Crippen LogP contribution in [-0.2, 0) is 0 Å². The van der Waals surface area contributed by atoms with Crippen LogP contribution in [0.4, 0.5) is 10.5 Å². The van der Waals surface area contributed by atoms with Crippen molar-refractivity contribution in [1.29, 1.82) is 0 Å². The van der Waals surface area contributed by atoms with Gasteiger partial charge in [-0.25, -0.2) is 14.5 Å². The Morgan fingerprint density at radius 3 is 2.83 bits per heavy atom. The van der Waals surface area contributed by atoms with Crippen molar-refractivity contribution in [2.45, 2.75) is 18.9 Å². The molecule has 1 saturated heterocycles. The lowest BCUT2D eigenvalue weighted by atomic mass is 10.1. The SMILES string of the molecule is O=C(Nc1ccc2c(c1)OCO2)N1CCC(n2cncn2)CC1. The number of carbonyl (C=O) groups excluding carboxylic acids is 1.